The van der Waals surface area contributed by atoms with E-state index in [9.17, 15) is 9.59 Å². The van der Waals surface area contributed by atoms with Gasteiger partial charge in [0, 0.05) is 7.05 Å². The van der Waals surface area contributed by atoms with E-state index in [1.165, 1.54) is 11.9 Å². The number of nitrogens with two attached hydrogens (primary N) is 1. The fourth-order valence-corrected chi connectivity index (χ4v) is 0.888. The molecule has 0 aromatic rings. The largest absolute Gasteiger partial charge is 0.444 e. The van der Waals surface area contributed by atoms with Gasteiger partial charge >= 0.3 is 6.09 Å². The molecule has 0 aromatic heterocycles. The van der Waals surface area contributed by atoms with Crippen LogP contribution in [0.1, 0.15) is 34.6 Å². The number of nitrogens with one attached hydrogen (secondary N) is 1. The van der Waals surface area contributed by atoms with Gasteiger partial charge in [0.05, 0.1) is 0 Å². The maximum Gasteiger partial charge on any atom is 0.410 e. The first kappa shape index (κ1) is 14.7. The van der Waals surface area contributed by atoms with E-state index in [1.807, 2.05) is 5.43 Å². The highest BCUT2D eigenvalue weighted by Gasteiger charge is 2.37. The summed E-state index contributed by atoms with van der Waals surface area (Å²) in [5.41, 5.74) is 0.360. The van der Waals surface area contributed by atoms with E-state index < -0.39 is 23.1 Å². The van der Waals surface area contributed by atoms with Crippen molar-refractivity contribution in [3.8, 4) is 0 Å². The molecule has 0 heterocycles. The SMILES string of the molecule is CN(C(=O)OC(C)(C)C)C(C)(C)C(=O)NN. The molecule has 0 atom stereocenters. The Labute approximate surface area is 96.1 Å². The molecule has 6 heteroatoms. The van der Waals surface area contributed by atoms with Crippen LogP contribution in [0.25, 0.3) is 0 Å². The molecule has 0 radical (unpaired) electrons. The number of hydrogen-bond donors (Lipinski definition) is 2. The Morgan fingerprint density at radius 3 is 1.94 bits per heavy atom. The Kier molecular flexibility index (Phi) is 4.31. The van der Waals surface area contributed by atoms with E-state index in [2.05, 4.69) is 0 Å². The Morgan fingerprint density at radius 2 is 1.62 bits per heavy atom. The van der Waals surface area contributed by atoms with Gasteiger partial charge in [-0.2, -0.15) is 0 Å². The molecule has 0 aromatic carbocycles. The second kappa shape index (κ2) is 4.69. The molecular weight excluding hydrogens is 210 g/mol. The van der Waals surface area contributed by atoms with Gasteiger partial charge in [0.2, 0.25) is 0 Å². The lowest BCUT2D eigenvalue weighted by atomic mass is 10.0. The number of ether oxygens (including phenoxy) is 1. The van der Waals surface area contributed by atoms with Gasteiger partial charge in [-0.1, -0.05) is 0 Å². The molecule has 0 fully saturated rings. The predicted octanol–water partition coefficient (Wildman–Crippen LogP) is 0.622. The van der Waals surface area contributed by atoms with Crippen LogP contribution in [-0.2, 0) is 9.53 Å². The van der Waals surface area contributed by atoms with Gasteiger partial charge in [0.1, 0.15) is 11.1 Å². The quantitative estimate of drug-likeness (QED) is 0.414. The normalized spacial score (nSPS) is 11.9. The zero-order chi connectivity index (χ0) is 13.1. The second-order valence-corrected chi connectivity index (χ2v) is 5.07. The van der Waals surface area contributed by atoms with Crippen molar-refractivity contribution in [2.75, 3.05) is 7.05 Å². The van der Waals surface area contributed by atoms with Crippen molar-refractivity contribution < 1.29 is 14.3 Å². The molecule has 0 saturated heterocycles. The first-order chi connectivity index (χ1) is 7.02. The van der Waals surface area contributed by atoms with Gasteiger partial charge in [-0.05, 0) is 34.6 Å². The average Bonchev–Trinajstić information content (AvgIpc) is 2.12. The van der Waals surface area contributed by atoms with Crippen molar-refractivity contribution in [3.05, 3.63) is 0 Å². The molecule has 3 N–H and O–H groups in total. The molecule has 0 aliphatic rings. The maximum atomic E-state index is 11.7. The Balaban J connectivity index is 4.73. The summed E-state index contributed by atoms with van der Waals surface area (Å²) in [4.78, 5) is 24.4. The van der Waals surface area contributed by atoms with Gasteiger partial charge in [-0.25, -0.2) is 10.6 Å². The van der Waals surface area contributed by atoms with Crippen molar-refractivity contribution in [2.24, 2.45) is 5.84 Å². The first-order valence-electron chi connectivity index (χ1n) is 5.00. The molecule has 0 aliphatic heterocycles. The predicted molar refractivity (Wildman–Crippen MR) is 60.4 cm³/mol. The Hall–Kier alpha value is -1.30. The molecule has 0 spiro atoms. The van der Waals surface area contributed by atoms with E-state index in [4.69, 9.17) is 10.6 Å². The third-order valence-corrected chi connectivity index (χ3v) is 2.19. The van der Waals surface area contributed by atoms with Gasteiger partial charge in [0.25, 0.3) is 5.91 Å². The Bertz CT molecular complexity index is 282. The molecular formula is C10H21N3O3. The van der Waals surface area contributed by atoms with Crippen molar-refractivity contribution in [1.29, 1.82) is 0 Å². The second-order valence-electron chi connectivity index (χ2n) is 5.07. The van der Waals surface area contributed by atoms with Crippen LogP contribution in [0.3, 0.4) is 0 Å². The van der Waals surface area contributed by atoms with E-state index in [-0.39, 0.29) is 0 Å². The van der Waals surface area contributed by atoms with Crippen LogP contribution in [0.5, 0.6) is 0 Å². The van der Waals surface area contributed by atoms with E-state index in [1.54, 1.807) is 34.6 Å². The monoisotopic (exact) mass is 231 g/mol. The van der Waals surface area contributed by atoms with Crippen molar-refractivity contribution in [2.45, 2.75) is 45.8 Å². The van der Waals surface area contributed by atoms with Crippen LogP contribution in [0.4, 0.5) is 4.79 Å². The number of rotatable bonds is 2. The summed E-state index contributed by atoms with van der Waals surface area (Å²) in [6, 6.07) is 0. The molecule has 0 aliphatic carbocycles. The zero-order valence-corrected chi connectivity index (χ0v) is 10.7. The van der Waals surface area contributed by atoms with Crippen LogP contribution < -0.4 is 11.3 Å². The number of nitrogens with zero attached hydrogens (tertiary/aromatic N) is 1. The topological polar surface area (TPSA) is 84.7 Å². The summed E-state index contributed by atoms with van der Waals surface area (Å²) in [5.74, 6) is 4.59. The van der Waals surface area contributed by atoms with E-state index in [0.29, 0.717) is 0 Å². The molecule has 0 rings (SSSR count). The van der Waals surface area contributed by atoms with Gasteiger partial charge in [-0.15, -0.1) is 0 Å². The maximum absolute atomic E-state index is 11.7. The molecule has 94 valence electrons. The van der Waals surface area contributed by atoms with E-state index in [0.717, 1.165) is 0 Å². The minimum atomic E-state index is -1.06. The first-order valence-corrected chi connectivity index (χ1v) is 5.00. The van der Waals surface area contributed by atoms with Crippen LogP contribution in [0.2, 0.25) is 0 Å². The third-order valence-electron chi connectivity index (χ3n) is 2.19. The van der Waals surface area contributed by atoms with Crippen molar-refractivity contribution in [3.63, 3.8) is 0 Å². The van der Waals surface area contributed by atoms with Gasteiger partial charge in [-0.3, -0.25) is 15.1 Å². The highest BCUT2D eigenvalue weighted by atomic mass is 16.6. The summed E-state index contributed by atoms with van der Waals surface area (Å²) in [7, 11) is 1.49. The van der Waals surface area contributed by atoms with E-state index >= 15 is 0 Å². The van der Waals surface area contributed by atoms with Gasteiger partial charge < -0.3 is 4.74 Å². The molecule has 0 unspecified atom stereocenters. The fraction of sp³-hybridized carbons (Fsp3) is 0.800. The summed E-state index contributed by atoms with van der Waals surface area (Å²) in [5, 5.41) is 0. The number of hydrazine groups is 1. The molecule has 0 bridgehead atoms. The molecule has 2 amide bonds. The Morgan fingerprint density at radius 1 is 1.19 bits per heavy atom. The van der Waals surface area contributed by atoms with Crippen LogP contribution in [0.15, 0.2) is 0 Å². The fourth-order valence-electron chi connectivity index (χ4n) is 0.888. The standard InChI is InChI=1S/C10H21N3O3/c1-9(2,3)16-8(15)13(6)10(4,5)7(14)12-11/h11H2,1-6H3,(H,12,14). The third kappa shape index (κ3) is 3.69. The average molecular weight is 231 g/mol. The van der Waals surface area contributed by atoms with Crippen molar-refractivity contribution >= 4 is 12.0 Å². The smallest absolute Gasteiger partial charge is 0.410 e. The summed E-state index contributed by atoms with van der Waals surface area (Å²) >= 11 is 0. The number of carbonyl (C=O) groups is 2. The molecule has 0 saturated carbocycles. The molecule has 6 nitrogen and oxygen atoms in total. The minimum Gasteiger partial charge on any atom is -0.444 e. The summed E-state index contributed by atoms with van der Waals surface area (Å²) < 4.78 is 5.15. The lowest BCUT2D eigenvalue weighted by Crippen LogP contribution is -2.57. The lowest BCUT2D eigenvalue weighted by Gasteiger charge is -2.34. The zero-order valence-electron chi connectivity index (χ0n) is 10.7. The van der Waals surface area contributed by atoms with Crippen molar-refractivity contribution in [1.82, 2.24) is 10.3 Å². The number of carbonyl (C=O) groups excluding carboxylic acids is 2. The highest BCUT2D eigenvalue weighted by Crippen LogP contribution is 2.17. The summed E-state index contributed by atoms with van der Waals surface area (Å²) in [6.45, 7) is 8.44. The highest BCUT2D eigenvalue weighted by molar-refractivity contribution is 5.88. The van der Waals surface area contributed by atoms with Crippen LogP contribution in [-0.4, -0.2) is 35.1 Å². The minimum absolute atomic E-state index is 0.458. The summed E-state index contributed by atoms with van der Waals surface area (Å²) in [6.07, 6.45) is -0.568. The number of likely N-dealkylation sites (N-methyl/N-ethyl adjacent to an activating group) is 1. The lowest BCUT2D eigenvalue weighted by molar-refractivity contribution is -0.130. The van der Waals surface area contributed by atoms with Gasteiger partial charge in [0.15, 0.2) is 0 Å². The number of hydrogen-bond acceptors (Lipinski definition) is 4. The number of amides is 2. The van der Waals surface area contributed by atoms with Crippen LogP contribution >= 0.6 is 0 Å². The van der Waals surface area contributed by atoms with Crippen LogP contribution in [0, 0.1) is 0 Å². The molecule has 16 heavy (non-hydrogen) atoms.